The smallest absolute Gasteiger partial charge is 0.330 e. The number of carbonyl (C=O) groups is 1. The van der Waals surface area contributed by atoms with Crippen LogP contribution in [-0.2, 0) is 13.0 Å². The summed E-state index contributed by atoms with van der Waals surface area (Å²) in [6, 6.07) is 13.0. The molecule has 3 aromatic rings. The number of hydrogen-bond acceptors (Lipinski definition) is 5. The van der Waals surface area contributed by atoms with Gasteiger partial charge in [-0.3, -0.25) is 9.80 Å². The number of likely N-dealkylation sites (tertiary alicyclic amines) is 1. The normalized spacial score (nSPS) is 18.7. The Hall–Kier alpha value is -3.45. The summed E-state index contributed by atoms with van der Waals surface area (Å²) < 4.78 is 5.83. The molecule has 7 nitrogen and oxygen atoms in total. The number of nitrogens with zero attached hydrogens (tertiary/aromatic N) is 5. The van der Waals surface area contributed by atoms with Crippen molar-refractivity contribution in [2.45, 2.75) is 70.9 Å². The highest BCUT2D eigenvalue weighted by Crippen LogP contribution is 2.39. The van der Waals surface area contributed by atoms with Crippen molar-refractivity contribution in [1.29, 1.82) is 0 Å². The summed E-state index contributed by atoms with van der Waals surface area (Å²) in [5.74, 6) is 2.96. The van der Waals surface area contributed by atoms with Crippen LogP contribution >= 0.6 is 0 Å². The zero-order chi connectivity index (χ0) is 27.1. The number of benzene rings is 2. The van der Waals surface area contributed by atoms with Crippen LogP contribution in [0.3, 0.4) is 0 Å². The SMILES string of the molecule is COc1cc(C2CCN(C)CC2)ccc1Cc1ncc2c(n1)N(C1CCC1)C(=O)N(c1c(C)cccc1C)C2. The topological polar surface area (TPSA) is 61.8 Å². The number of piperidine rings is 1. The lowest BCUT2D eigenvalue weighted by molar-refractivity contribution is 0.242. The molecule has 0 atom stereocenters. The van der Waals surface area contributed by atoms with Gasteiger partial charge in [-0.1, -0.05) is 30.3 Å². The van der Waals surface area contributed by atoms with E-state index in [-0.39, 0.29) is 12.1 Å². The minimum absolute atomic E-state index is 0.0225. The first kappa shape index (κ1) is 25.8. The molecule has 0 spiro atoms. The average Bonchev–Trinajstić information content (AvgIpc) is 2.90. The maximum absolute atomic E-state index is 14.0. The first-order valence-electron chi connectivity index (χ1n) is 14.3. The molecule has 1 aliphatic carbocycles. The van der Waals surface area contributed by atoms with E-state index in [9.17, 15) is 4.79 Å². The Morgan fingerprint density at radius 1 is 1.03 bits per heavy atom. The summed E-state index contributed by atoms with van der Waals surface area (Å²) in [4.78, 5) is 30.0. The van der Waals surface area contributed by atoms with E-state index in [2.05, 4.69) is 56.1 Å². The zero-order valence-electron chi connectivity index (χ0n) is 23.6. The number of ether oxygens (including phenoxy) is 1. The number of hydrogen-bond donors (Lipinski definition) is 0. The largest absolute Gasteiger partial charge is 0.496 e. The Labute approximate surface area is 231 Å². The molecule has 7 heteroatoms. The fourth-order valence-electron chi connectivity index (χ4n) is 6.35. The first-order chi connectivity index (χ1) is 18.9. The fourth-order valence-corrected chi connectivity index (χ4v) is 6.35. The third kappa shape index (κ3) is 4.89. The summed E-state index contributed by atoms with van der Waals surface area (Å²) in [6.45, 7) is 6.90. The van der Waals surface area contributed by atoms with E-state index in [1.165, 1.54) is 18.4 Å². The van der Waals surface area contributed by atoms with Gasteiger partial charge in [0.2, 0.25) is 0 Å². The van der Waals surface area contributed by atoms with Gasteiger partial charge in [0.1, 0.15) is 17.4 Å². The lowest BCUT2D eigenvalue weighted by Gasteiger charge is -2.44. The number of aromatic nitrogens is 2. The predicted molar refractivity (Wildman–Crippen MR) is 155 cm³/mol. The number of aryl methyl sites for hydroxylation is 2. The van der Waals surface area contributed by atoms with E-state index < -0.39 is 0 Å². The van der Waals surface area contributed by atoms with Gasteiger partial charge in [-0.05, 0) is 94.8 Å². The van der Waals surface area contributed by atoms with Gasteiger partial charge in [0, 0.05) is 29.8 Å². The van der Waals surface area contributed by atoms with Crippen LogP contribution in [0.2, 0.25) is 0 Å². The third-order valence-electron chi connectivity index (χ3n) is 8.88. The summed E-state index contributed by atoms with van der Waals surface area (Å²) in [5.41, 5.74) is 6.63. The van der Waals surface area contributed by atoms with Gasteiger partial charge in [0.05, 0.1) is 19.3 Å². The molecule has 3 heterocycles. The molecule has 2 amide bonds. The molecular weight excluding hydrogens is 486 g/mol. The fraction of sp³-hybridized carbons (Fsp3) is 0.469. The van der Waals surface area contributed by atoms with E-state index in [0.717, 1.165) is 77.7 Å². The highest BCUT2D eigenvalue weighted by molar-refractivity contribution is 6.06. The quantitative estimate of drug-likeness (QED) is 0.395. The van der Waals surface area contributed by atoms with Crippen molar-refractivity contribution < 1.29 is 9.53 Å². The van der Waals surface area contributed by atoms with Crippen molar-refractivity contribution in [2.75, 3.05) is 37.0 Å². The van der Waals surface area contributed by atoms with Crippen LogP contribution in [0.4, 0.5) is 16.3 Å². The number of fused-ring (bicyclic) bond motifs is 1. The minimum atomic E-state index is 0.0225. The van der Waals surface area contributed by atoms with Gasteiger partial charge < -0.3 is 9.64 Å². The molecule has 2 aromatic carbocycles. The Bertz CT molecular complexity index is 1360. The molecule has 2 fully saturated rings. The third-order valence-corrected chi connectivity index (χ3v) is 8.88. The summed E-state index contributed by atoms with van der Waals surface area (Å²) in [5, 5.41) is 0. The van der Waals surface area contributed by atoms with E-state index in [4.69, 9.17) is 14.7 Å². The first-order valence-corrected chi connectivity index (χ1v) is 14.3. The number of amides is 2. The molecule has 1 saturated heterocycles. The van der Waals surface area contributed by atoms with Crippen molar-refractivity contribution in [3.05, 3.63) is 76.2 Å². The number of anilines is 2. The molecule has 0 N–H and O–H groups in total. The van der Waals surface area contributed by atoms with Crippen LogP contribution in [0.5, 0.6) is 5.75 Å². The number of rotatable bonds is 6. The van der Waals surface area contributed by atoms with Crippen molar-refractivity contribution >= 4 is 17.5 Å². The number of para-hydroxylation sites is 1. The number of urea groups is 1. The second kappa shape index (κ2) is 10.6. The average molecular weight is 526 g/mol. The van der Waals surface area contributed by atoms with Crippen LogP contribution in [0.1, 0.15) is 71.7 Å². The minimum Gasteiger partial charge on any atom is -0.496 e. The predicted octanol–water partition coefficient (Wildman–Crippen LogP) is 6.00. The van der Waals surface area contributed by atoms with E-state index >= 15 is 0 Å². The van der Waals surface area contributed by atoms with E-state index in [1.807, 2.05) is 22.1 Å². The molecule has 1 saturated carbocycles. The maximum atomic E-state index is 14.0. The summed E-state index contributed by atoms with van der Waals surface area (Å²) in [7, 11) is 3.93. The molecule has 0 radical (unpaired) electrons. The number of methoxy groups -OCH3 is 1. The Morgan fingerprint density at radius 3 is 2.44 bits per heavy atom. The standard InChI is InChI=1S/C32H39N5O2/c1-21-7-5-8-22(2)30(21)36-20-26-19-33-29(34-31(26)37(32(36)38)27-9-6-10-27)18-25-12-11-24(17-28(25)39-4)23-13-15-35(3)16-14-23/h5,7-8,11-12,17,19,23,27H,6,9-10,13-16,18,20H2,1-4H3. The van der Waals surface area contributed by atoms with E-state index in [0.29, 0.717) is 18.9 Å². The van der Waals surface area contributed by atoms with Gasteiger partial charge in [0.15, 0.2) is 0 Å². The molecule has 1 aromatic heterocycles. The van der Waals surface area contributed by atoms with Crippen LogP contribution in [0, 0.1) is 13.8 Å². The monoisotopic (exact) mass is 525 g/mol. The van der Waals surface area contributed by atoms with Crippen LogP contribution in [-0.4, -0.2) is 54.2 Å². The molecule has 3 aliphatic rings. The maximum Gasteiger partial charge on any atom is 0.330 e. The van der Waals surface area contributed by atoms with Gasteiger partial charge in [0.25, 0.3) is 0 Å². The molecule has 204 valence electrons. The summed E-state index contributed by atoms with van der Waals surface area (Å²) in [6.07, 6.45) is 8.02. The molecule has 0 bridgehead atoms. The molecule has 0 unspecified atom stereocenters. The van der Waals surface area contributed by atoms with Gasteiger partial charge >= 0.3 is 6.03 Å². The summed E-state index contributed by atoms with van der Waals surface area (Å²) >= 11 is 0. The van der Waals surface area contributed by atoms with E-state index in [1.54, 1.807) is 7.11 Å². The highest BCUT2D eigenvalue weighted by atomic mass is 16.5. The highest BCUT2D eigenvalue weighted by Gasteiger charge is 2.40. The number of carbonyl (C=O) groups excluding carboxylic acids is 1. The van der Waals surface area contributed by atoms with Crippen molar-refractivity contribution in [1.82, 2.24) is 14.9 Å². The van der Waals surface area contributed by atoms with Gasteiger partial charge in [-0.15, -0.1) is 0 Å². The molecular formula is C32H39N5O2. The van der Waals surface area contributed by atoms with Gasteiger partial charge in [-0.25, -0.2) is 14.8 Å². The Balaban J connectivity index is 1.30. The van der Waals surface area contributed by atoms with Crippen LogP contribution in [0.25, 0.3) is 0 Å². The van der Waals surface area contributed by atoms with Crippen LogP contribution < -0.4 is 14.5 Å². The molecule has 2 aliphatic heterocycles. The molecule has 6 rings (SSSR count). The molecule has 39 heavy (non-hydrogen) atoms. The van der Waals surface area contributed by atoms with Crippen molar-refractivity contribution in [3.8, 4) is 5.75 Å². The second-order valence-corrected chi connectivity index (χ2v) is 11.5. The van der Waals surface area contributed by atoms with Gasteiger partial charge in [-0.2, -0.15) is 0 Å². The Kier molecular flexibility index (Phi) is 7.02. The lowest BCUT2D eigenvalue weighted by atomic mass is 9.88. The van der Waals surface area contributed by atoms with Crippen molar-refractivity contribution in [2.24, 2.45) is 0 Å². The lowest BCUT2D eigenvalue weighted by Crippen LogP contribution is -2.54. The zero-order valence-corrected chi connectivity index (χ0v) is 23.6. The van der Waals surface area contributed by atoms with Crippen LogP contribution in [0.15, 0.2) is 42.6 Å². The Morgan fingerprint density at radius 2 is 1.77 bits per heavy atom. The second-order valence-electron chi connectivity index (χ2n) is 11.5. The van der Waals surface area contributed by atoms with Crippen molar-refractivity contribution in [3.63, 3.8) is 0 Å².